The van der Waals surface area contributed by atoms with E-state index >= 15 is 0 Å². The Morgan fingerprint density at radius 3 is 1.60 bits per heavy atom. The van der Waals surface area contributed by atoms with Gasteiger partial charge in [0.05, 0.1) is 14.8 Å². The maximum Gasteiger partial charge on any atom is 0.426 e. The first-order valence-corrected chi connectivity index (χ1v) is 5.61. The highest BCUT2D eigenvalue weighted by atomic mass is 35.6. The van der Waals surface area contributed by atoms with Crippen molar-refractivity contribution in [2.75, 3.05) is 0 Å². The zero-order valence-electron chi connectivity index (χ0n) is 9.10. The number of phenolic OH excluding ortho intramolecular Hbond substituents is 1. The van der Waals surface area contributed by atoms with Crippen molar-refractivity contribution in [2.45, 2.75) is 4.30 Å². The molecule has 0 heterocycles. The lowest BCUT2D eigenvalue weighted by atomic mass is 10.2. The lowest BCUT2D eigenvalue weighted by molar-refractivity contribution is -0.441. The molecule has 20 heavy (non-hydrogen) atoms. The molecule has 0 atom stereocenters. The average Bonchev–Trinajstić information content (AvgIpc) is 2.26. The van der Waals surface area contributed by atoms with Gasteiger partial charge in [0.1, 0.15) is 0 Å². The summed E-state index contributed by atoms with van der Waals surface area (Å²) in [4.78, 5) is 27.7. The summed E-state index contributed by atoms with van der Waals surface area (Å²) in [6.45, 7) is 0. The van der Waals surface area contributed by atoms with Crippen molar-refractivity contribution in [3.05, 3.63) is 42.5 Å². The Morgan fingerprint density at radius 1 is 0.900 bits per heavy atom. The van der Waals surface area contributed by atoms with Crippen molar-refractivity contribution < 1.29 is 19.9 Å². The molecule has 10 nitrogen and oxygen atoms in total. The molecule has 0 unspecified atom stereocenters. The van der Waals surface area contributed by atoms with Crippen molar-refractivity contribution in [3.63, 3.8) is 0 Å². The van der Waals surface area contributed by atoms with Crippen molar-refractivity contribution in [1.82, 2.24) is 0 Å². The minimum absolute atomic E-state index is 0.625. The summed E-state index contributed by atoms with van der Waals surface area (Å²) >= 11 is 14.4. The second-order valence-corrected chi connectivity index (χ2v) is 4.80. The molecule has 1 aromatic rings. The molecular formula is C7H4Cl3N3O7. The summed E-state index contributed by atoms with van der Waals surface area (Å²) in [6, 6.07) is 1.28. The first-order chi connectivity index (χ1) is 9.09. The zero-order valence-corrected chi connectivity index (χ0v) is 11.4. The van der Waals surface area contributed by atoms with Gasteiger partial charge in [-0.25, -0.2) is 0 Å². The summed E-state index contributed by atoms with van der Waals surface area (Å²) in [6.07, 6.45) is 0. The number of nitrogens with zero attached hydrogens (tertiary/aromatic N) is 3. The van der Waals surface area contributed by atoms with E-state index in [1.54, 1.807) is 0 Å². The third-order valence-electron chi connectivity index (χ3n) is 1.67. The van der Waals surface area contributed by atoms with E-state index in [0.717, 1.165) is 0 Å². The number of halogens is 3. The highest BCUT2D eigenvalue weighted by Gasteiger charge is 2.38. The smallest absolute Gasteiger partial charge is 0.426 e. The molecule has 110 valence electrons. The largest absolute Gasteiger partial charge is 0.502 e. The molecule has 13 heteroatoms. The second kappa shape index (κ2) is 7.62. The van der Waals surface area contributed by atoms with E-state index in [9.17, 15) is 30.3 Å². The Kier molecular flexibility index (Phi) is 6.90. The molecule has 0 radical (unpaired) electrons. The van der Waals surface area contributed by atoms with Crippen LogP contribution in [0.5, 0.6) is 5.75 Å². The van der Waals surface area contributed by atoms with Crippen LogP contribution >= 0.6 is 34.8 Å². The van der Waals surface area contributed by atoms with Gasteiger partial charge in [0.15, 0.2) is 4.30 Å². The van der Waals surface area contributed by atoms with Crippen LogP contribution in [0.4, 0.5) is 17.1 Å². The van der Waals surface area contributed by atoms with Gasteiger partial charge in [-0.05, 0) is 6.07 Å². The van der Waals surface area contributed by atoms with Gasteiger partial charge in [-0.3, -0.25) is 30.3 Å². The van der Waals surface area contributed by atoms with E-state index < -0.39 is 41.9 Å². The molecule has 0 spiro atoms. The fourth-order valence-corrected chi connectivity index (χ4v) is 1.07. The third kappa shape index (κ3) is 4.99. The monoisotopic (exact) mass is 347 g/mol. The number of hydrogen-bond donors (Lipinski definition) is 1. The number of phenols is 1. The van der Waals surface area contributed by atoms with Crippen LogP contribution in [0.25, 0.3) is 0 Å². The molecule has 0 bridgehead atoms. The standard InChI is InChI=1S/C6H3N3O7.CHCl3/c10-4-2-1-3(7(11)12)5(8(13)14)6(4)9(15)16;2-1(3)4/h1-2,10H;1H. The lowest BCUT2D eigenvalue weighted by Gasteiger charge is -1.98. The van der Waals surface area contributed by atoms with Gasteiger partial charge in [0, 0.05) is 6.07 Å². The Bertz CT molecular complexity index is 548. The van der Waals surface area contributed by atoms with Gasteiger partial charge in [0.2, 0.25) is 5.75 Å². The number of nitro benzene ring substituents is 3. The molecule has 0 aliphatic heterocycles. The highest BCUT2D eigenvalue weighted by molar-refractivity contribution is 6.63. The molecular weight excluding hydrogens is 344 g/mol. The summed E-state index contributed by atoms with van der Waals surface area (Å²) in [5.41, 5.74) is -3.68. The van der Waals surface area contributed by atoms with Crippen LogP contribution in [0.15, 0.2) is 12.1 Å². The fraction of sp³-hybridized carbons (Fsp3) is 0.143. The van der Waals surface area contributed by atoms with E-state index in [-0.39, 0.29) is 0 Å². The number of hydrogen-bond acceptors (Lipinski definition) is 7. The Hall–Kier alpha value is -1.91. The third-order valence-corrected chi connectivity index (χ3v) is 1.67. The zero-order chi connectivity index (χ0) is 16.0. The quantitative estimate of drug-likeness (QED) is 0.500. The number of nitro groups is 3. The van der Waals surface area contributed by atoms with Crippen LogP contribution in [0.3, 0.4) is 0 Å². The maximum absolute atomic E-state index is 10.5. The predicted octanol–water partition coefficient (Wildman–Crippen LogP) is 3.10. The molecule has 0 saturated heterocycles. The van der Waals surface area contributed by atoms with Gasteiger partial charge in [-0.15, -0.1) is 0 Å². The predicted molar refractivity (Wildman–Crippen MR) is 69.4 cm³/mol. The van der Waals surface area contributed by atoms with Crippen molar-refractivity contribution >= 4 is 51.9 Å². The van der Waals surface area contributed by atoms with Gasteiger partial charge in [-0.1, -0.05) is 34.8 Å². The molecule has 1 rings (SSSR count). The molecule has 0 fully saturated rings. The number of aromatic hydroxyl groups is 1. The molecule has 0 aliphatic rings. The molecule has 0 aliphatic carbocycles. The summed E-state index contributed by atoms with van der Waals surface area (Å²) < 4.78 is -0.750. The first-order valence-electron chi connectivity index (χ1n) is 4.31. The Balaban J connectivity index is 0.000000796. The van der Waals surface area contributed by atoms with Gasteiger partial charge >= 0.3 is 17.1 Å². The average molecular weight is 348 g/mol. The van der Waals surface area contributed by atoms with E-state index in [2.05, 4.69) is 0 Å². The minimum atomic E-state index is -1.34. The molecule has 0 saturated carbocycles. The molecule has 1 N–H and O–H groups in total. The first kappa shape index (κ1) is 18.1. The minimum Gasteiger partial charge on any atom is -0.502 e. The van der Waals surface area contributed by atoms with Crippen molar-refractivity contribution in [2.24, 2.45) is 0 Å². The number of alkyl halides is 3. The van der Waals surface area contributed by atoms with Crippen LogP contribution in [0.2, 0.25) is 0 Å². The van der Waals surface area contributed by atoms with Crippen molar-refractivity contribution in [3.8, 4) is 5.75 Å². The SMILES string of the molecule is ClC(Cl)Cl.O=[N+]([O-])c1ccc(O)c([N+](=O)[O-])c1[N+](=O)[O-]. The topological polar surface area (TPSA) is 150 Å². The lowest BCUT2D eigenvalue weighted by Crippen LogP contribution is -2.01. The number of benzene rings is 1. The van der Waals surface area contributed by atoms with E-state index in [1.165, 1.54) is 0 Å². The van der Waals surface area contributed by atoms with Crippen LogP contribution < -0.4 is 0 Å². The maximum atomic E-state index is 10.5. The highest BCUT2D eigenvalue weighted by Crippen LogP contribution is 2.41. The van der Waals surface area contributed by atoms with E-state index in [0.29, 0.717) is 12.1 Å². The van der Waals surface area contributed by atoms with Gasteiger partial charge in [0.25, 0.3) is 0 Å². The Morgan fingerprint density at radius 2 is 1.30 bits per heavy atom. The summed E-state index contributed by atoms with van der Waals surface area (Å²) in [7, 11) is 0. The van der Waals surface area contributed by atoms with Gasteiger partial charge < -0.3 is 5.11 Å². The van der Waals surface area contributed by atoms with Gasteiger partial charge in [-0.2, -0.15) is 0 Å². The normalized spacial score (nSPS) is 9.60. The molecule has 0 amide bonds. The van der Waals surface area contributed by atoms with Crippen LogP contribution in [0, 0.1) is 30.3 Å². The summed E-state index contributed by atoms with van der Waals surface area (Å²) in [5, 5.41) is 40.4. The van der Waals surface area contributed by atoms with Crippen molar-refractivity contribution in [1.29, 1.82) is 0 Å². The van der Waals surface area contributed by atoms with Crippen LogP contribution in [-0.2, 0) is 0 Å². The fourth-order valence-electron chi connectivity index (χ4n) is 1.07. The number of rotatable bonds is 3. The van der Waals surface area contributed by atoms with E-state index in [4.69, 9.17) is 39.9 Å². The molecule has 1 aromatic carbocycles. The van der Waals surface area contributed by atoms with E-state index in [1.807, 2.05) is 0 Å². The van der Waals surface area contributed by atoms with Crippen LogP contribution in [0.1, 0.15) is 0 Å². The van der Waals surface area contributed by atoms with Crippen LogP contribution in [-0.4, -0.2) is 24.2 Å². The Labute approximate surface area is 124 Å². The second-order valence-electron chi connectivity index (χ2n) is 2.82. The molecule has 0 aromatic heterocycles. The summed E-state index contributed by atoms with van der Waals surface area (Å²) in [5.74, 6) is -0.998.